The van der Waals surface area contributed by atoms with Crippen molar-refractivity contribution in [2.24, 2.45) is 5.92 Å². The number of carbonyl (C=O) groups is 2. The van der Waals surface area contributed by atoms with Crippen molar-refractivity contribution in [3.05, 3.63) is 23.8 Å². The summed E-state index contributed by atoms with van der Waals surface area (Å²) in [6.45, 7) is 2.36. The van der Waals surface area contributed by atoms with E-state index in [4.69, 9.17) is 19.3 Å². The largest absolute Gasteiger partial charge is 0.493 e. The molecular formula is C17H21NO6. The molecule has 24 heavy (non-hydrogen) atoms. The van der Waals surface area contributed by atoms with Gasteiger partial charge in [0.25, 0.3) is 0 Å². The fourth-order valence-electron chi connectivity index (χ4n) is 3.83. The molecule has 0 radical (unpaired) electrons. The maximum atomic E-state index is 11.8. The summed E-state index contributed by atoms with van der Waals surface area (Å²) in [5, 5.41) is 8.99. The van der Waals surface area contributed by atoms with E-state index in [2.05, 4.69) is 4.90 Å². The van der Waals surface area contributed by atoms with Crippen molar-refractivity contribution < 1.29 is 28.9 Å². The zero-order chi connectivity index (χ0) is 17.3. The fourth-order valence-corrected chi connectivity index (χ4v) is 3.83. The third-order valence-corrected chi connectivity index (χ3v) is 5.03. The Bertz CT molecular complexity index is 652. The molecule has 4 rings (SSSR count). The maximum Gasteiger partial charge on any atom is 0.418 e. The molecule has 3 saturated heterocycles. The van der Waals surface area contributed by atoms with Gasteiger partial charge in [-0.15, -0.1) is 0 Å². The Morgan fingerprint density at radius 2 is 1.83 bits per heavy atom. The van der Waals surface area contributed by atoms with Crippen LogP contribution in [0.3, 0.4) is 0 Å². The van der Waals surface area contributed by atoms with E-state index in [-0.39, 0.29) is 5.92 Å². The van der Waals surface area contributed by atoms with Gasteiger partial charge in [-0.2, -0.15) is 0 Å². The topological polar surface area (TPSA) is 85.3 Å². The standard InChI is InChI=1S/C17H21NO6/c1-22-13-4-3-12(9-14(13)23-2)17(24-16(21)15(19)20)10-18-7-5-11(17)6-8-18/h3-4,9,11H,5-8,10H2,1-2H3,(H,19,20). The zero-order valence-electron chi connectivity index (χ0n) is 13.8. The van der Waals surface area contributed by atoms with E-state index < -0.39 is 17.5 Å². The molecule has 2 bridgehead atoms. The lowest BCUT2D eigenvalue weighted by Gasteiger charge is -2.52. The zero-order valence-corrected chi connectivity index (χ0v) is 13.8. The summed E-state index contributed by atoms with van der Waals surface area (Å²) in [6, 6.07) is 5.34. The average Bonchev–Trinajstić information content (AvgIpc) is 2.61. The van der Waals surface area contributed by atoms with Crippen LogP contribution in [0.25, 0.3) is 0 Å². The minimum atomic E-state index is -1.58. The number of ether oxygens (including phenoxy) is 3. The number of methoxy groups -OCH3 is 2. The van der Waals surface area contributed by atoms with Crippen molar-refractivity contribution in [1.82, 2.24) is 4.90 Å². The van der Waals surface area contributed by atoms with Crippen molar-refractivity contribution in [3.8, 4) is 11.5 Å². The summed E-state index contributed by atoms with van der Waals surface area (Å²) >= 11 is 0. The van der Waals surface area contributed by atoms with Crippen molar-refractivity contribution in [1.29, 1.82) is 0 Å². The Morgan fingerprint density at radius 3 is 2.33 bits per heavy atom. The summed E-state index contributed by atoms with van der Waals surface area (Å²) in [6.07, 6.45) is 1.72. The van der Waals surface area contributed by atoms with Gasteiger partial charge in [0.1, 0.15) is 0 Å². The van der Waals surface area contributed by atoms with Gasteiger partial charge in [-0.05, 0) is 38.1 Å². The van der Waals surface area contributed by atoms with Gasteiger partial charge in [-0.25, -0.2) is 9.59 Å². The minimum Gasteiger partial charge on any atom is -0.493 e. The average molecular weight is 335 g/mol. The summed E-state index contributed by atoms with van der Waals surface area (Å²) in [5.74, 6) is -1.62. The highest BCUT2D eigenvalue weighted by atomic mass is 16.6. The third kappa shape index (κ3) is 2.69. The Hall–Kier alpha value is -2.28. The third-order valence-electron chi connectivity index (χ3n) is 5.03. The Labute approximate surface area is 140 Å². The van der Waals surface area contributed by atoms with Crippen LogP contribution in [0.4, 0.5) is 0 Å². The van der Waals surface area contributed by atoms with Gasteiger partial charge in [-0.3, -0.25) is 4.90 Å². The molecule has 1 unspecified atom stereocenters. The minimum absolute atomic E-state index is 0.0869. The van der Waals surface area contributed by atoms with Crippen LogP contribution in [0, 0.1) is 5.92 Å². The van der Waals surface area contributed by atoms with Crippen LogP contribution in [0.5, 0.6) is 11.5 Å². The number of rotatable bonds is 4. The predicted octanol–water partition coefficient (Wildman–Crippen LogP) is 1.25. The lowest BCUT2D eigenvalue weighted by molar-refractivity contribution is -0.194. The second kappa shape index (κ2) is 6.32. The van der Waals surface area contributed by atoms with E-state index >= 15 is 0 Å². The summed E-state index contributed by atoms with van der Waals surface area (Å²) in [7, 11) is 3.08. The van der Waals surface area contributed by atoms with Gasteiger partial charge in [0.15, 0.2) is 17.1 Å². The van der Waals surface area contributed by atoms with Gasteiger partial charge in [-0.1, -0.05) is 6.07 Å². The van der Waals surface area contributed by atoms with Crippen LogP contribution >= 0.6 is 0 Å². The predicted molar refractivity (Wildman–Crippen MR) is 84.1 cm³/mol. The number of benzene rings is 1. The summed E-state index contributed by atoms with van der Waals surface area (Å²) in [4.78, 5) is 25.1. The highest BCUT2D eigenvalue weighted by Crippen LogP contribution is 2.47. The number of fused-ring (bicyclic) bond motifs is 3. The van der Waals surface area contributed by atoms with Crippen molar-refractivity contribution >= 4 is 11.9 Å². The van der Waals surface area contributed by atoms with Crippen molar-refractivity contribution in [3.63, 3.8) is 0 Å². The van der Waals surface area contributed by atoms with E-state index in [1.165, 1.54) is 7.11 Å². The highest BCUT2D eigenvalue weighted by Gasteiger charge is 2.51. The number of carboxylic acid groups (broad SMARTS) is 1. The number of esters is 1. The highest BCUT2D eigenvalue weighted by molar-refractivity contribution is 6.28. The van der Waals surface area contributed by atoms with Crippen molar-refractivity contribution in [2.75, 3.05) is 33.9 Å². The first-order chi connectivity index (χ1) is 11.5. The Balaban J connectivity index is 2.05. The monoisotopic (exact) mass is 335 g/mol. The van der Waals surface area contributed by atoms with Crippen LogP contribution < -0.4 is 9.47 Å². The number of hydrogen-bond acceptors (Lipinski definition) is 6. The van der Waals surface area contributed by atoms with E-state index in [1.807, 2.05) is 6.07 Å². The maximum absolute atomic E-state index is 11.8. The van der Waals surface area contributed by atoms with E-state index in [9.17, 15) is 9.59 Å². The molecule has 0 aliphatic carbocycles. The quantitative estimate of drug-likeness (QED) is 0.655. The molecule has 0 spiro atoms. The van der Waals surface area contributed by atoms with Gasteiger partial charge in [0, 0.05) is 18.0 Å². The van der Waals surface area contributed by atoms with Gasteiger partial charge >= 0.3 is 11.9 Å². The SMILES string of the molecule is COc1ccc(C2(OC(=O)C(=O)O)CN3CCC2CC3)cc1OC. The lowest BCUT2D eigenvalue weighted by atomic mass is 9.71. The number of aliphatic carboxylic acids is 1. The molecule has 7 heteroatoms. The number of piperidine rings is 3. The van der Waals surface area contributed by atoms with E-state index in [0.717, 1.165) is 31.5 Å². The molecule has 1 atom stereocenters. The second-order valence-electron chi connectivity index (χ2n) is 6.20. The number of carbonyl (C=O) groups excluding carboxylic acids is 1. The normalized spacial score (nSPS) is 28.2. The summed E-state index contributed by atoms with van der Waals surface area (Å²) in [5.41, 5.74) is -0.227. The second-order valence-corrected chi connectivity index (χ2v) is 6.20. The molecule has 0 amide bonds. The molecular weight excluding hydrogens is 314 g/mol. The molecule has 0 saturated carbocycles. The molecule has 3 aliphatic rings. The molecule has 3 fully saturated rings. The molecule has 3 heterocycles. The molecule has 3 aliphatic heterocycles. The smallest absolute Gasteiger partial charge is 0.418 e. The first-order valence-electron chi connectivity index (χ1n) is 7.91. The van der Waals surface area contributed by atoms with Crippen LogP contribution in [-0.4, -0.2) is 55.8 Å². The molecule has 1 aromatic rings. The molecule has 1 aromatic carbocycles. The molecule has 130 valence electrons. The van der Waals surface area contributed by atoms with Crippen LogP contribution in [0.1, 0.15) is 18.4 Å². The Morgan fingerprint density at radius 1 is 1.17 bits per heavy atom. The number of nitrogens with zero attached hydrogens (tertiary/aromatic N) is 1. The van der Waals surface area contributed by atoms with Gasteiger partial charge in [0.2, 0.25) is 0 Å². The molecule has 0 aromatic heterocycles. The first-order valence-corrected chi connectivity index (χ1v) is 7.91. The number of carboxylic acids is 1. The van der Waals surface area contributed by atoms with E-state index in [1.54, 1.807) is 19.2 Å². The molecule has 7 nitrogen and oxygen atoms in total. The Kier molecular flexibility index (Phi) is 4.36. The summed E-state index contributed by atoms with van der Waals surface area (Å²) < 4.78 is 16.2. The van der Waals surface area contributed by atoms with Crippen LogP contribution in [-0.2, 0) is 19.9 Å². The van der Waals surface area contributed by atoms with Gasteiger partial charge < -0.3 is 19.3 Å². The lowest BCUT2D eigenvalue weighted by Crippen LogP contribution is -2.59. The van der Waals surface area contributed by atoms with Crippen LogP contribution in [0.15, 0.2) is 18.2 Å². The number of hydrogen-bond donors (Lipinski definition) is 1. The first kappa shape index (κ1) is 16.6. The fraction of sp³-hybridized carbons (Fsp3) is 0.529. The van der Waals surface area contributed by atoms with Crippen molar-refractivity contribution in [2.45, 2.75) is 18.4 Å². The van der Waals surface area contributed by atoms with Gasteiger partial charge in [0.05, 0.1) is 14.2 Å². The van der Waals surface area contributed by atoms with E-state index in [0.29, 0.717) is 18.0 Å². The van der Waals surface area contributed by atoms with Crippen LogP contribution in [0.2, 0.25) is 0 Å². The molecule has 1 N–H and O–H groups in total.